The predicted molar refractivity (Wildman–Crippen MR) is 97.9 cm³/mol. The highest BCUT2D eigenvalue weighted by molar-refractivity contribution is 7.10. The molecule has 0 bridgehead atoms. The normalized spacial score (nSPS) is 10.4. The second kappa shape index (κ2) is 7.50. The highest BCUT2D eigenvalue weighted by Gasteiger charge is 2.13. The molecule has 1 aromatic heterocycles. The molecular formula is C17H14ClN3O3S. The molecule has 0 radical (unpaired) electrons. The summed E-state index contributed by atoms with van der Waals surface area (Å²) in [6.07, 6.45) is 0. The molecule has 6 nitrogen and oxygen atoms in total. The van der Waals surface area contributed by atoms with Gasteiger partial charge in [0.1, 0.15) is 0 Å². The first kappa shape index (κ1) is 17.2. The first-order chi connectivity index (χ1) is 12.1. The molecule has 0 aliphatic carbocycles. The summed E-state index contributed by atoms with van der Waals surface area (Å²) in [5.74, 6) is 1.43. The first-order valence-corrected chi connectivity index (χ1v) is 8.39. The third-order valence-corrected chi connectivity index (χ3v) is 4.28. The fraction of sp³-hybridized carbons (Fsp3) is 0.118. The van der Waals surface area contributed by atoms with Crippen molar-refractivity contribution in [3.05, 3.63) is 53.1 Å². The van der Waals surface area contributed by atoms with Crippen LogP contribution in [-0.2, 0) is 0 Å². The zero-order valence-electron chi connectivity index (χ0n) is 13.4. The number of rotatable bonds is 5. The minimum absolute atomic E-state index is 0.272. The smallest absolute Gasteiger partial charge is 0.257 e. The minimum Gasteiger partial charge on any atom is -0.493 e. The lowest BCUT2D eigenvalue weighted by atomic mass is 10.2. The maximum absolute atomic E-state index is 12.2. The Hall–Kier alpha value is -2.64. The van der Waals surface area contributed by atoms with Gasteiger partial charge < -0.3 is 9.47 Å². The fourth-order valence-corrected chi connectivity index (χ4v) is 2.85. The number of aromatic nitrogens is 2. The van der Waals surface area contributed by atoms with E-state index in [1.807, 2.05) is 6.07 Å². The van der Waals surface area contributed by atoms with Gasteiger partial charge in [0.15, 0.2) is 17.3 Å². The average Bonchev–Trinajstić information content (AvgIpc) is 3.10. The van der Waals surface area contributed by atoms with Gasteiger partial charge in [0.25, 0.3) is 5.91 Å². The van der Waals surface area contributed by atoms with Crippen LogP contribution >= 0.6 is 23.1 Å². The molecule has 8 heteroatoms. The number of methoxy groups -OCH3 is 2. The maximum Gasteiger partial charge on any atom is 0.257 e. The third kappa shape index (κ3) is 3.89. The van der Waals surface area contributed by atoms with E-state index in [2.05, 4.69) is 14.7 Å². The number of halogens is 1. The van der Waals surface area contributed by atoms with Crippen LogP contribution in [0.2, 0.25) is 5.02 Å². The Labute approximate surface area is 153 Å². The van der Waals surface area contributed by atoms with E-state index in [1.54, 1.807) is 50.6 Å². The van der Waals surface area contributed by atoms with E-state index < -0.39 is 0 Å². The molecule has 3 aromatic rings. The quantitative estimate of drug-likeness (QED) is 0.725. The van der Waals surface area contributed by atoms with E-state index in [0.717, 1.165) is 17.1 Å². The van der Waals surface area contributed by atoms with E-state index in [9.17, 15) is 4.79 Å². The second-order valence-corrected chi connectivity index (χ2v) is 6.14. The van der Waals surface area contributed by atoms with Crippen LogP contribution in [0.4, 0.5) is 5.13 Å². The van der Waals surface area contributed by atoms with Crippen LogP contribution in [0.5, 0.6) is 11.5 Å². The molecule has 0 saturated heterocycles. The van der Waals surface area contributed by atoms with E-state index in [4.69, 9.17) is 21.1 Å². The number of carbonyl (C=O) groups is 1. The Kier molecular flexibility index (Phi) is 5.16. The molecule has 25 heavy (non-hydrogen) atoms. The van der Waals surface area contributed by atoms with Gasteiger partial charge in [-0.1, -0.05) is 11.6 Å². The minimum atomic E-state index is -0.272. The average molecular weight is 376 g/mol. The van der Waals surface area contributed by atoms with Crippen molar-refractivity contribution < 1.29 is 14.3 Å². The van der Waals surface area contributed by atoms with E-state index in [-0.39, 0.29) is 5.91 Å². The van der Waals surface area contributed by atoms with Crippen LogP contribution in [0.25, 0.3) is 11.4 Å². The summed E-state index contributed by atoms with van der Waals surface area (Å²) in [5, 5.41) is 3.71. The summed E-state index contributed by atoms with van der Waals surface area (Å²) in [4.78, 5) is 16.6. The number of nitrogens with zero attached hydrogens (tertiary/aromatic N) is 2. The largest absolute Gasteiger partial charge is 0.493 e. The summed E-state index contributed by atoms with van der Waals surface area (Å²) >= 11 is 6.93. The SMILES string of the molecule is COc1ccc(-c2nsc(NC(=O)c3ccc(Cl)cc3)n2)cc1OC. The number of nitrogens with one attached hydrogen (secondary N) is 1. The Morgan fingerprint density at radius 2 is 1.80 bits per heavy atom. The van der Waals surface area contributed by atoms with E-state index >= 15 is 0 Å². The molecule has 0 aliphatic rings. The number of anilines is 1. The van der Waals surface area contributed by atoms with Crippen molar-refractivity contribution in [2.24, 2.45) is 0 Å². The lowest BCUT2D eigenvalue weighted by Gasteiger charge is -2.07. The van der Waals surface area contributed by atoms with Crippen molar-refractivity contribution in [1.82, 2.24) is 9.36 Å². The zero-order valence-corrected chi connectivity index (χ0v) is 15.0. The summed E-state index contributed by atoms with van der Waals surface area (Å²) in [6.45, 7) is 0. The first-order valence-electron chi connectivity index (χ1n) is 7.23. The molecule has 0 aliphatic heterocycles. The van der Waals surface area contributed by atoms with Gasteiger partial charge in [-0.05, 0) is 42.5 Å². The van der Waals surface area contributed by atoms with Crippen molar-refractivity contribution in [3.63, 3.8) is 0 Å². The molecule has 0 unspecified atom stereocenters. The van der Waals surface area contributed by atoms with E-state index in [1.165, 1.54) is 0 Å². The summed E-state index contributed by atoms with van der Waals surface area (Å²) < 4.78 is 14.8. The van der Waals surface area contributed by atoms with E-state index in [0.29, 0.717) is 33.0 Å². The van der Waals surface area contributed by atoms with Crippen LogP contribution < -0.4 is 14.8 Å². The van der Waals surface area contributed by atoms with Crippen molar-refractivity contribution in [2.75, 3.05) is 19.5 Å². The van der Waals surface area contributed by atoms with Gasteiger partial charge in [0.2, 0.25) is 5.13 Å². The van der Waals surface area contributed by atoms with Crippen LogP contribution in [0.15, 0.2) is 42.5 Å². The molecule has 0 fully saturated rings. The third-order valence-electron chi connectivity index (χ3n) is 3.39. The van der Waals surface area contributed by atoms with Gasteiger partial charge in [-0.3, -0.25) is 10.1 Å². The molecule has 3 rings (SSSR count). The Morgan fingerprint density at radius 3 is 2.48 bits per heavy atom. The number of benzene rings is 2. The lowest BCUT2D eigenvalue weighted by Crippen LogP contribution is -2.11. The molecule has 0 saturated carbocycles. The van der Waals surface area contributed by atoms with Crippen molar-refractivity contribution in [3.8, 4) is 22.9 Å². The van der Waals surface area contributed by atoms with Crippen molar-refractivity contribution >= 4 is 34.2 Å². The number of ether oxygens (including phenoxy) is 2. The summed E-state index contributed by atoms with van der Waals surface area (Å²) in [7, 11) is 3.14. The number of carbonyl (C=O) groups excluding carboxylic acids is 1. The Balaban J connectivity index is 1.78. The topological polar surface area (TPSA) is 73.3 Å². The van der Waals surface area contributed by atoms with Gasteiger partial charge in [-0.15, -0.1) is 0 Å². The number of hydrogen-bond acceptors (Lipinski definition) is 6. The maximum atomic E-state index is 12.2. The Bertz CT molecular complexity index is 896. The Morgan fingerprint density at radius 1 is 1.08 bits per heavy atom. The molecule has 1 heterocycles. The molecular weight excluding hydrogens is 362 g/mol. The van der Waals surface area contributed by atoms with Gasteiger partial charge in [-0.2, -0.15) is 9.36 Å². The fourth-order valence-electron chi connectivity index (χ4n) is 2.14. The second-order valence-electron chi connectivity index (χ2n) is 4.95. The molecule has 0 spiro atoms. The molecule has 0 atom stereocenters. The monoisotopic (exact) mass is 375 g/mol. The van der Waals surface area contributed by atoms with Gasteiger partial charge in [0, 0.05) is 27.7 Å². The molecule has 128 valence electrons. The predicted octanol–water partition coefficient (Wildman–Crippen LogP) is 4.13. The summed E-state index contributed by atoms with van der Waals surface area (Å²) in [6, 6.07) is 12.0. The number of amides is 1. The van der Waals surface area contributed by atoms with Gasteiger partial charge in [-0.25, -0.2) is 0 Å². The lowest BCUT2D eigenvalue weighted by molar-refractivity contribution is 0.102. The zero-order chi connectivity index (χ0) is 17.8. The van der Waals surface area contributed by atoms with Gasteiger partial charge >= 0.3 is 0 Å². The highest BCUT2D eigenvalue weighted by Crippen LogP contribution is 2.32. The van der Waals surface area contributed by atoms with Gasteiger partial charge in [0.05, 0.1) is 14.2 Å². The van der Waals surface area contributed by atoms with Crippen LogP contribution in [0.1, 0.15) is 10.4 Å². The standard InChI is InChI=1S/C17H14ClN3O3S/c1-23-13-8-5-11(9-14(13)24-2)15-19-17(25-21-15)20-16(22)10-3-6-12(18)7-4-10/h3-9H,1-2H3,(H,19,20,21,22). The highest BCUT2D eigenvalue weighted by atomic mass is 35.5. The molecule has 2 aromatic carbocycles. The van der Waals surface area contributed by atoms with Crippen LogP contribution in [-0.4, -0.2) is 29.5 Å². The summed E-state index contributed by atoms with van der Waals surface area (Å²) in [5.41, 5.74) is 1.26. The molecule has 1 N–H and O–H groups in total. The number of hydrogen-bond donors (Lipinski definition) is 1. The molecule has 1 amide bonds. The van der Waals surface area contributed by atoms with Crippen molar-refractivity contribution in [2.45, 2.75) is 0 Å². The van der Waals surface area contributed by atoms with Crippen molar-refractivity contribution in [1.29, 1.82) is 0 Å². The van der Waals surface area contributed by atoms with Crippen LogP contribution in [0, 0.1) is 0 Å². The van der Waals surface area contributed by atoms with Crippen LogP contribution in [0.3, 0.4) is 0 Å².